The minimum absolute atomic E-state index is 0.00528. The molecular weight excluding hydrogens is 390 g/mol. The lowest BCUT2D eigenvalue weighted by Crippen LogP contribution is -2.18. The van der Waals surface area contributed by atoms with Crippen LogP contribution in [0.25, 0.3) is 0 Å². The lowest BCUT2D eigenvalue weighted by molar-refractivity contribution is 0.102. The summed E-state index contributed by atoms with van der Waals surface area (Å²) in [5.74, 6) is -0.219. The fraction of sp³-hybridized carbons (Fsp3) is 0.316. The van der Waals surface area contributed by atoms with Gasteiger partial charge >= 0.3 is 0 Å². The van der Waals surface area contributed by atoms with Gasteiger partial charge in [-0.3, -0.25) is 4.79 Å². The number of ether oxygens (including phenoxy) is 2. The highest BCUT2D eigenvalue weighted by atomic mass is 35.5. The summed E-state index contributed by atoms with van der Waals surface area (Å²) in [6.45, 7) is 1.02. The second-order valence-electron chi connectivity index (χ2n) is 6.34. The smallest absolute Gasteiger partial charge is 0.259 e. The van der Waals surface area contributed by atoms with Crippen molar-refractivity contribution in [2.75, 3.05) is 31.4 Å². The summed E-state index contributed by atoms with van der Waals surface area (Å²) in [7, 11) is -2.11. The molecule has 0 aromatic heterocycles. The van der Waals surface area contributed by atoms with Gasteiger partial charge in [0.2, 0.25) is 0 Å². The predicted octanol–water partition coefficient (Wildman–Crippen LogP) is 3.41. The average Bonchev–Trinajstić information content (AvgIpc) is 3.13. The normalized spacial score (nSPS) is 16.9. The largest absolute Gasteiger partial charge is 0.496 e. The van der Waals surface area contributed by atoms with Crippen molar-refractivity contribution in [3.63, 3.8) is 0 Å². The van der Waals surface area contributed by atoms with Crippen LogP contribution in [0, 0.1) is 5.92 Å². The van der Waals surface area contributed by atoms with Crippen LogP contribution in [0.1, 0.15) is 16.8 Å². The number of hydrogen-bond donors (Lipinski definition) is 1. The van der Waals surface area contributed by atoms with E-state index in [0.29, 0.717) is 23.9 Å². The van der Waals surface area contributed by atoms with Crippen LogP contribution in [0.5, 0.6) is 5.75 Å². The van der Waals surface area contributed by atoms with Gasteiger partial charge in [0.15, 0.2) is 9.84 Å². The van der Waals surface area contributed by atoms with E-state index in [0.717, 1.165) is 6.42 Å². The Morgan fingerprint density at radius 1 is 1.30 bits per heavy atom. The molecule has 1 heterocycles. The third-order valence-corrected chi connectivity index (χ3v) is 6.45. The zero-order chi connectivity index (χ0) is 19.4. The maximum absolute atomic E-state index is 12.7. The molecule has 0 saturated carbocycles. The molecule has 2 aromatic rings. The lowest BCUT2D eigenvalue weighted by atomic mass is 10.1. The summed E-state index contributed by atoms with van der Waals surface area (Å²) in [4.78, 5) is 12.8. The number of anilines is 1. The summed E-state index contributed by atoms with van der Waals surface area (Å²) in [5.41, 5.74) is 0.646. The first-order valence-corrected chi connectivity index (χ1v) is 10.5. The Bertz CT molecular complexity index is 939. The molecule has 1 saturated heterocycles. The summed E-state index contributed by atoms with van der Waals surface area (Å²) in [6, 6.07) is 11.0. The van der Waals surface area contributed by atoms with E-state index >= 15 is 0 Å². The molecule has 1 aliphatic heterocycles. The number of amides is 1. The topological polar surface area (TPSA) is 81.7 Å². The molecule has 8 heteroatoms. The molecule has 1 N–H and O–H groups in total. The first-order chi connectivity index (χ1) is 12.9. The molecule has 144 valence electrons. The van der Waals surface area contributed by atoms with Gasteiger partial charge in [0.05, 0.1) is 29.9 Å². The quantitative estimate of drug-likeness (QED) is 0.790. The third-order valence-electron chi connectivity index (χ3n) is 4.34. The molecule has 1 fully saturated rings. The fourth-order valence-corrected chi connectivity index (χ4v) is 4.78. The van der Waals surface area contributed by atoms with Gasteiger partial charge in [-0.15, -0.1) is 0 Å². The number of nitrogens with one attached hydrogen (secondary N) is 1. The van der Waals surface area contributed by atoms with E-state index in [-0.39, 0.29) is 27.9 Å². The zero-order valence-corrected chi connectivity index (χ0v) is 16.3. The number of rotatable bonds is 6. The van der Waals surface area contributed by atoms with Crippen molar-refractivity contribution < 1.29 is 22.7 Å². The van der Waals surface area contributed by atoms with Crippen molar-refractivity contribution >= 4 is 33.0 Å². The Labute approximate surface area is 163 Å². The van der Waals surface area contributed by atoms with E-state index in [9.17, 15) is 13.2 Å². The molecule has 0 bridgehead atoms. The van der Waals surface area contributed by atoms with E-state index in [4.69, 9.17) is 21.1 Å². The van der Waals surface area contributed by atoms with Gasteiger partial charge in [-0.05, 0) is 48.7 Å². The molecule has 0 spiro atoms. The fourth-order valence-electron chi connectivity index (χ4n) is 2.94. The number of carbonyl (C=O) groups is 1. The van der Waals surface area contributed by atoms with E-state index in [1.54, 1.807) is 24.3 Å². The molecule has 0 radical (unpaired) electrons. The van der Waals surface area contributed by atoms with Gasteiger partial charge in [-0.1, -0.05) is 17.7 Å². The van der Waals surface area contributed by atoms with Gasteiger partial charge in [-0.25, -0.2) is 8.42 Å². The first-order valence-electron chi connectivity index (χ1n) is 8.44. The number of halogens is 1. The summed E-state index contributed by atoms with van der Waals surface area (Å²) in [5, 5.41) is 3.19. The van der Waals surface area contributed by atoms with Crippen LogP contribution in [0.4, 0.5) is 5.69 Å². The number of hydrogen-bond acceptors (Lipinski definition) is 5. The SMILES string of the molecule is COc1ccc(S(=O)(=O)C[C@H]2CCOC2)cc1C(=O)Nc1cccc(Cl)c1. The molecule has 3 rings (SSSR count). The molecule has 27 heavy (non-hydrogen) atoms. The van der Waals surface area contributed by atoms with Gasteiger partial charge in [0.25, 0.3) is 5.91 Å². The Morgan fingerprint density at radius 2 is 2.11 bits per heavy atom. The Balaban J connectivity index is 1.87. The average molecular weight is 410 g/mol. The molecule has 0 unspecified atom stereocenters. The van der Waals surface area contributed by atoms with Crippen LogP contribution in [0.2, 0.25) is 5.02 Å². The van der Waals surface area contributed by atoms with Crippen LogP contribution in [-0.4, -0.2) is 40.4 Å². The molecule has 0 aliphatic carbocycles. The summed E-state index contributed by atoms with van der Waals surface area (Å²) < 4.78 is 35.9. The Morgan fingerprint density at radius 3 is 2.78 bits per heavy atom. The molecule has 6 nitrogen and oxygen atoms in total. The molecule has 2 aromatic carbocycles. The van der Waals surface area contributed by atoms with E-state index in [2.05, 4.69) is 5.32 Å². The van der Waals surface area contributed by atoms with Crippen molar-refractivity contribution in [3.05, 3.63) is 53.1 Å². The van der Waals surface area contributed by atoms with E-state index in [1.165, 1.54) is 25.3 Å². The maximum atomic E-state index is 12.7. The van der Waals surface area contributed by atoms with Crippen LogP contribution in [0.3, 0.4) is 0 Å². The van der Waals surface area contributed by atoms with Gasteiger partial charge in [-0.2, -0.15) is 0 Å². The second kappa shape index (κ2) is 8.29. The zero-order valence-electron chi connectivity index (χ0n) is 14.8. The molecule has 1 atom stereocenters. The third kappa shape index (κ3) is 4.80. The Hall–Kier alpha value is -2.09. The van der Waals surface area contributed by atoms with E-state index < -0.39 is 15.7 Å². The van der Waals surface area contributed by atoms with Crippen LogP contribution in [0.15, 0.2) is 47.4 Å². The molecule has 1 amide bonds. The highest BCUT2D eigenvalue weighted by molar-refractivity contribution is 7.91. The van der Waals surface area contributed by atoms with E-state index in [1.807, 2.05) is 0 Å². The number of carbonyl (C=O) groups excluding carboxylic acids is 1. The van der Waals surface area contributed by atoms with Crippen molar-refractivity contribution in [2.24, 2.45) is 5.92 Å². The number of methoxy groups -OCH3 is 1. The number of sulfone groups is 1. The Kier molecular flexibility index (Phi) is 6.04. The van der Waals surface area contributed by atoms with Crippen molar-refractivity contribution in [1.29, 1.82) is 0 Å². The summed E-state index contributed by atoms with van der Waals surface area (Å²) >= 11 is 5.93. The van der Waals surface area contributed by atoms with Gasteiger partial charge in [0, 0.05) is 17.3 Å². The summed E-state index contributed by atoms with van der Waals surface area (Å²) in [6.07, 6.45) is 0.720. The monoisotopic (exact) mass is 409 g/mol. The first kappa shape index (κ1) is 19.7. The van der Waals surface area contributed by atoms with Crippen molar-refractivity contribution in [1.82, 2.24) is 0 Å². The highest BCUT2D eigenvalue weighted by Gasteiger charge is 2.26. The minimum atomic E-state index is -3.54. The molecular formula is C19H20ClNO5S. The standard InChI is InChI=1S/C19H20ClNO5S/c1-25-18-6-5-16(27(23,24)12-13-7-8-26-11-13)10-17(18)19(22)21-15-4-2-3-14(20)9-15/h2-6,9-10,13H,7-8,11-12H2,1H3,(H,21,22)/t13-/m0/s1. The van der Waals surface area contributed by atoms with Gasteiger partial charge < -0.3 is 14.8 Å². The highest BCUT2D eigenvalue weighted by Crippen LogP contribution is 2.27. The van der Waals surface area contributed by atoms with Crippen molar-refractivity contribution in [3.8, 4) is 5.75 Å². The van der Waals surface area contributed by atoms with Crippen LogP contribution >= 0.6 is 11.6 Å². The minimum Gasteiger partial charge on any atom is -0.496 e. The lowest BCUT2D eigenvalue weighted by Gasteiger charge is -2.13. The second-order valence-corrected chi connectivity index (χ2v) is 8.81. The van der Waals surface area contributed by atoms with Crippen LogP contribution in [-0.2, 0) is 14.6 Å². The number of benzene rings is 2. The maximum Gasteiger partial charge on any atom is 0.259 e. The predicted molar refractivity (Wildman–Crippen MR) is 103 cm³/mol. The van der Waals surface area contributed by atoms with Gasteiger partial charge in [0.1, 0.15) is 5.75 Å². The van der Waals surface area contributed by atoms with Crippen LogP contribution < -0.4 is 10.1 Å². The molecule has 1 aliphatic rings. The van der Waals surface area contributed by atoms with Crippen molar-refractivity contribution in [2.45, 2.75) is 11.3 Å².